The van der Waals surface area contributed by atoms with Gasteiger partial charge >= 0.3 is 5.97 Å². The average molecular weight is 430 g/mol. The Balaban J connectivity index is 1.47. The number of hydrogen-bond acceptors (Lipinski definition) is 7. The third-order valence-corrected chi connectivity index (χ3v) is 5.56. The lowest BCUT2D eigenvalue weighted by atomic mass is 10.1. The SMILES string of the molecule is O=C(OCC(=O)c1ccc(Cl)s1)c1ccc2c(c1)C(=O)N(Cc1ccco1)C2=O. The van der Waals surface area contributed by atoms with E-state index in [0.717, 1.165) is 16.2 Å². The van der Waals surface area contributed by atoms with E-state index in [1.54, 1.807) is 24.3 Å². The fourth-order valence-corrected chi connectivity index (χ4v) is 3.84. The minimum absolute atomic E-state index is 0.00297. The molecule has 4 rings (SSSR count). The Kier molecular flexibility index (Phi) is 5.04. The summed E-state index contributed by atoms with van der Waals surface area (Å²) in [6.07, 6.45) is 1.45. The second-order valence-electron chi connectivity index (χ2n) is 6.14. The quantitative estimate of drug-likeness (QED) is 0.336. The van der Waals surface area contributed by atoms with Gasteiger partial charge in [-0.05, 0) is 42.5 Å². The van der Waals surface area contributed by atoms with Crippen molar-refractivity contribution in [3.05, 3.63) is 80.4 Å². The fourth-order valence-electron chi connectivity index (χ4n) is 2.87. The molecule has 3 heterocycles. The van der Waals surface area contributed by atoms with Gasteiger partial charge in [0.25, 0.3) is 11.8 Å². The Morgan fingerprint density at radius 2 is 1.86 bits per heavy atom. The highest BCUT2D eigenvalue weighted by Gasteiger charge is 2.36. The zero-order valence-corrected chi connectivity index (χ0v) is 16.3. The van der Waals surface area contributed by atoms with Crippen LogP contribution in [-0.2, 0) is 11.3 Å². The minimum atomic E-state index is -0.770. The molecule has 0 saturated carbocycles. The second kappa shape index (κ2) is 7.65. The van der Waals surface area contributed by atoms with Crippen molar-refractivity contribution in [1.82, 2.24) is 4.90 Å². The van der Waals surface area contributed by atoms with Gasteiger partial charge in [0.05, 0.1) is 38.7 Å². The van der Waals surface area contributed by atoms with Crippen LogP contribution < -0.4 is 0 Å². The van der Waals surface area contributed by atoms with Gasteiger partial charge in [-0.1, -0.05) is 11.6 Å². The lowest BCUT2D eigenvalue weighted by molar-refractivity contribution is 0.0475. The number of nitrogens with zero attached hydrogens (tertiary/aromatic N) is 1. The topological polar surface area (TPSA) is 93.9 Å². The van der Waals surface area contributed by atoms with Crippen molar-refractivity contribution in [2.75, 3.05) is 6.61 Å². The summed E-state index contributed by atoms with van der Waals surface area (Å²) in [6.45, 7) is -0.457. The van der Waals surface area contributed by atoms with Crippen molar-refractivity contribution in [3.63, 3.8) is 0 Å². The summed E-state index contributed by atoms with van der Waals surface area (Å²) in [7, 11) is 0. The largest absolute Gasteiger partial charge is 0.467 e. The van der Waals surface area contributed by atoms with Crippen LogP contribution >= 0.6 is 22.9 Å². The highest BCUT2D eigenvalue weighted by atomic mass is 35.5. The van der Waals surface area contributed by atoms with Crippen LogP contribution in [0, 0.1) is 0 Å². The van der Waals surface area contributed by atoms with E-state index in [-0.39, 0.29) is 29.0 Å². The molecule has 3 aromatic rings. The number of ether oxygens (including phenoxy) is 1. The number of fused-ring (bicyclic) bond motifs is 1. The number of carbonyl (C=O) groups is 4. The molecule has 1 aromatic carbocycles. The normalized spacial score (nSPS) is 12.9. The average Bonchev–Trinajstić information content (AvgIpc) is 3.44. The molecule has 0 bridgehead atoms. The van der Waals surface area contributed by atoms with Crippen LogP contribution in [0.25, 0.3) is 0 Å². The Bertz CT molecular complexity index is 1130. The molecule has 0 saturated heterocycles. The van der Waals surface area contributed by atoms with Crippen LogP contribution in [0.3, 0.4) is 0 Å². The summed E-state index contributed by atoms with van der Waals surface area (Å²) in [5.41, 5.74) is 0.372. The first-order chi connectivity index (χ1) is 13.9. The van der Waals surface area contributed by atoms with E-state index in [2.05, 4.69) is 0 Å². The van der Waals surface area contributed by atoms with E-state index in [9.17, 15) is 19.2 Å². The monoisotopic (exact) mass is 429 g/mol. The maximum absolute atomic E-state index is 12.6. The number of thiophene rings is 1. The molecule has 2 amide bonds. The molecule has 0 radical (unpaired) electrons. The van der Waals surface area contributed by atoms with E-state index in [4.69, 9.17) is 20.8 Å². The first-order valence-electron chi connectivity index (χ1n) is 8.42. The van der Waals surface area contributed by atoms with Crippen molar-refractivity contribution in [2.45, 2.75) is 6.54 Å². The predicted molar refractivity (Wildman–Crippen MR) is 103 cm³/mol. The highest BCUT2D eigenvalue weighted by molar-refractivity contribution is 7.18. The van der Waals surface area contributed by atoms with E-state index >= 15 is 0 Å². The summed E-state index contributed by atoms with van der Waals surface area (Å²) >= 11 is 6.88. The van der Waals surface area contributed by atoms with Crippen molar-refractivity contribution < 1.29 is 28.3 Å². The first kappa shape index (κ1) is 19.1. The van der Waals surface area contributed by atoms with Gasteiger partial charge in [0.15, 0.2) is 6.61 Å². The van der Waals surface area contributed by atoms with Gasteiger partial charge in [0.2, 0.25) is 5.78 Å². The van der Waals surface area contributed by atoms with Crippen molar-refractivity contribution in [1.29, 1.82) is 0 Å². The number of furan rings is 1. The summed E-state index contributed by atoms with van der Waals surface area (Å²) in [6, 6.07) is 10.5. The molecule has 2 aromatic heterocycles. The Morgan fingerprint density at radius 3 is 2.55 bits per heavy atom. The number of benzene rings is 1. The third-order valence-electron chi connectivity index (χ3n) is 4.28. The number of halogens is 1. The number of amides is 2. The van der Waals surface area contributed by atoms with Crippen LogP contribution in [0.15, 0.2) is 53.1 Å². The molecule has 0 atom stereocenters. The van der Waals surface area contributed by atoms with Gasteiger partial charge in [-0.15, -0.1) is 11.3 Å². The minimum Gasteiger partial charge on any atom is -0.467 e. The Morgan fingerprint density at radius 1 is 1.07 bits per heavy atom. The van der Waals surface area contributed by atoms with Gasteiger partial charge in [-0.3, -0.25) is 19.3 Å². The lowest BCUT2D eigenvalue weighted by Gasteiger charge is -2.11. The van der Waals surface area contributed by atoms with Crippen LogP contribution in [0.4, 0.5) is 0 Å². The molecule has 0 N–H and O–H groups in total. The number of ketones is 1. The summed E-state index contributed by atoms with van der Waals surface area (Å²) in [4.78, 5) is 50.8. The summed E-state index contributed by atoms with van der Waals surface area (Å²) in [5.74, 6) is -1.68. The predicted octanol–water partition coefficient (Wildman–Crippen LogP) is 3.83. The number of Topliss-reactive ketones (excluding diaryl/α,β-unsaturated/α-hetero) is 1. The van der Waals surface area contributed by atoms with Gasteiger partial charge in [-0.2, -0.15) is 0 Å². The first-order valence-corrected chi connectivity index (χ1v) is 9.62. The van der Waals surface area contributed by atoms with Gasteiger partial charge < -0.3 is 9.15 Å². The number of imide groups is 1. The number of hydrogen-bond donors (Lipinski definition) is 0. The summed E-state index contributed by atoms with van der Waals surface area (Å²) in [5, 5.41) is 0. The van der Waals surface area contributed by atoms with Crippen LogP contribution in [0.2, 0.25) is 4.34 Å². The van der Waals surface area contributed by atoms with Crippen LogP contribution in [0.1, 0.15) is 46.5 Å². The molecule has 7 nitrogen and oxygen atoms in total. The van der Waals surface area contributed by atoms with Crippen LogP contribution in [-0.4, -0.2) is 35.1 Å². The maximum Gasteiger partial charge on any atom is 0.338 e. The van der Waals surface area contributed by atoms with Crippen molar-refractivity contribution in [3.8, 4) is 0 Å². The van der Waals surface area contributed by atoms with Crippen molar-refractivity contribution in [2.24, 2.45) is 0 Å². The molecule has 1 aliphatic heterocycles. The second-order valence-corrected chi connectivity index (χ2v) is 7.85. The molecule has 0 spiro atoms. The summed E-state index contributed by atoms with van der Waals surface area (Å²) < 4.78 is 10.7. The molecule has 0 aliphatic carbocycles. The zero-order chi connectivity index (χ0) is 20.5. The van der Waals surface area contributed by atoms with Gasteiger partial charge in [0.1, 0.15) is 5.76 Å². The molecular formula is C20H12ClNO6S. The van der Waals surface area contributed by atoms with E-state index in [0.29, 0.717) is 15.0 Å². The molecule has 0 fully saturated rings. The standard InChI is InChI=1S/C20H12ClNO6S/c21-17-6-5-16(29-17)15(23)10-28-20(26)11-3-4-13-14(8-11)19(25)22(18(13)24)9-12-2-1-7-27-12/h1-8H,9-10H2. The Hall–Kier alpha value is -3.23. The van der Waals surface area contributed by atoms with E-state index in [1.165, 1.54) is 24.5 Å². The van der Waals surface area contributed by atoms with Crippen molar-refractivity contribution >= 4 is 46.5 Å². The number of esters is 1. The van der Waals surface area contributed by atoms with E-state index < -0.39 is 24.4 Å². The molecule has 146 valence electrons. The maximum atomic E-state index is 12.6. The zero-order valence-electron chi connectivity index (χ0n) is 14.7. The van der Waals surface area contributed by atoms with Gasteiger partial charge in [0, 0.05) is 0 Å². The molecular weight excluding hydrogens is 418 g/mol. The number of rotatable bonds is 6. The smallest absolute Gasteiger partial charge is 0.338 e. The lowest BCUT2D eigenvalue weighted by Crippen LogP contribution is -2.28. The molecule has 0 unspecified atom stereocenters. The molecule has 1 aliphatic rings. The molecule has 9 heteroatoms. The third kappa shape index (κ3) is 3.72. The van der Waals surface area contributed by atoms with Crippen LogP contribution in [0.5, 0.6) is 0 Å². The molecule has 29 heavy (non-hydrogen) atoms. The van der Waals surface area contributed by atoms with Gasteiger partial charge in [-0.25, -0.2) is 4.79 Å². The fraction of sp³-hybridized carbons (Fsp3) is 0.100. The van der Waals surface area contributed by atoms with E-state index in [1.807, 2.05) is 0 Å². The Labute approximate surface area is 173 Å². The highest BCUT2D eigenvalue weighted by Crippen LogP contribution is 2.26. The number of carbonyl (C=O) groups excluding carboxylic acids is 4.